The SMILES string of the molecule is C/C=C/c1ccc2cccnc2c1. The maximum atomic E-state index is 4.29. The van der Waals surface area contributed by atoms with E-state index in [0.717, 1.165) is 5.52 Å². The average Bonchev–Trinajstić information content (AvgIpc) is 2.18. The molecule has 1 aromatic heterocycles. The van der Waals surface area contributed by atoms with Crippen LogP contribution in [-0.4, -0.2) is 4.98 Å². The number of pyridine rings is 1. The van der Waals surface area contributed by atoms with Gasteiger partial charge in [0.2, 0.25) is 0 Å². The van der Waals surface area contributed by atoms with Gasteiger partial charge in [0, 0.05) is 11.6 Å². The van der Waals surface area contributed by atoms with Crippen molar-refractivity contribution in [3.05, 3.63) is 48.2 Å². The first-order chi connectivity index (χ1) is 6.40. The molecule has 1 heteroatoms. The highest BCUT2D eigenvalue weighted by molar-refractivity contribution is 5.80. The van der Waals surface area contributed by atoms with Gasteiger partial charge in [0.1, 0.15) is 0 Å². The van der Waals surface area contributed by atoms with Crippen LogP contribution in [0.15, 0.2) is 42.6 Å². The van der Waals surface area contributed by atoms with Crippen molar-refractivity contribution in [2.45, 2.75) is 6.92 Å². The Kier molecular flexibility index (Phi) is 2.09. The number of aromatic nitrogens is 1. The Hall–Kier alpha value is -1.63. The molecule has 0 fully saturated rings. The predicted molar refractivity (Wildman–Crippen MR) is 56.5 cm³/mol. The normalized spacial score (nSPS) is 11.2. The number of hydrogen-bond acceptors (Lipinski definition) is 1. The summed E-state index contributed by atoms with van der Waals surface area (Å²) in [5, 5.41) is 1.19. The molecule has 0 saturated heterocycles. The van der Waals surface area contributed by atoms with E-state index in [9.17, 15) is 0 Å². The number of hydrogen-bond donors (Lipinski definition) is 0. The zero-order valence-electron chi connectivity index (χ0n) is 7.57. The average molecular weight is 169 g/mol. The van der Waals surface area contributed by atoms with Crippen molar-refractivity contribution in [1.29, 1.82) is 0 Å². The van der Waals surface area contributed by atoms with E-state index in [2.05, 4.69) is 35.3 Å². The van der Waals surface area contributed by atoms with Gasteiger partial charge < -0.3 is 0 Å². The molecule has 2 rings (SSSR count). The van der Waals surface area contributed by atoms with E-state index in [1.165, 1.54) is 10.9 Å². The molecular formula is C12H11N. The number of fused-ring (bicyclic) bond motifs is 1. The minimum absolute atomic E-state index is 1.05. The maximum absolute atomic E-state index is 4.29. The predicted octanol–water partition coefficient (Wildman–Crippen LogP) is 3.27. The zero-order valence-corrected chi connectivity index (χ0v) is 7.57. The summed E-state index contributed by atoms with van der Waals surface area (Å²) in [4.78, 5) is 4.29. The fourth-order valence-electron chi connectivity index (χ4n) is 1.38. The molecule has 0 N–H and O–H groups in total. The first-order valence-electron chi connectivity index (χ1n) is 4.37. The van der Waals surface area contributed by atoms with E-state index in [4.69, 9.17) is 0 Å². The van der Waals surface area contributed by atoms with Crippen molar-refractivity contribution in [2.75, 3.05) is 0 Å². The first kappa shape index (κ1) is 7.99. The van der Waals surface area contributed by atoms with Crippen LogP contribution in [0.2, 0.25) is 0 Å². The monoisotopic (exact) mass is 169 g/mol. The van der Waals surface area contributed by atoms with E-state index in [-0.39, 0.29) is 0 Å². The molecular weight excluding hydrogens is 158 g/mol. The number of allylic oxidation sites excluding steroid dienone is 1. The van der Waals surface area contributed by atoms with Crippen LogP contribution in [0.5, 0.6) is 0 Å². The van der Waals surface area contributed by atoms with Crippen molar-refractivity contribution < 1.29 is 0 Å². The lowest BCUT2D eigenvalue weighted by atomic mass is 10.1. The van der Waals surface area contributed by atoms with Gasteiger partial charge in [-0.25, -0.2) is 0 Å². The fraction of sp³-hybridized carbons (Fsp3) is 0.0833. The Morgan fingerprint density at radius 3 is 3.00 bits per heavy atom. The lowest BCUT2D eigenvalue weighted by Gasteiger charge is -1.97. The summed E-state index contributed by atoms with van der Waals surface area (Å²) in [7, 11) is 0. The molecule has 2 aromatic rings. The van der Waals surface area contributed by atoms with Gasteiger partial charge in [0.25, 0.3) is 0 Å². The van der Waals surface area contributed by atoms with Gasteiger partial charge in [-0.3, -0.25) is 4.98 Å². The van der Waals surface area contributed by atoms with Crippen molar-refractivity contribution in [2.24, 2.45) is 0 Å². The summed E-state index contributed by atoms with van der Waals surface area (Å²) in [6.45, 7) is 2.02. The van der Waals surface area contributed by atoms with Crippen LogP contribution < -0.4 is 0 Å². The summed E-state index contributed by atoms with van der Waals surface area (Å²) in [5.74, 6) is 0. The van der Waals surface area contributed by atoms with Gasteiger partial charge in [0.15, 0.2) is 0 Å². The standard InChI is InChI=1S/C12H11N/c1-2-4-10-6-7-11-5-3-8-13-12(11)9-10/h2-9H,1H3/b4-2+. The molecule has 1 aromatic carbocycles. The molecule has 0 atom stereocenters. The van der Waals surface area contributed by atoms with Crippen LogP contribution in [0.25, 0.3) is 17.0 Å². The molecule has 0 unspecified atom stereocenters. The quantitative estimate of drug-likeness (QED) is 0.638. The van der Waals surface area contributed by atoms with Gasteiger partial charge in [-0.15, -0.1) is 0 Å². The number of rotatable bonds is 1. The minimum atomic E-state index is 1.05. The van der Waals surface area contributed by atoms with Crippen LogP contribution in [-0.2, 0) is 0 Å². The zero-order chi connectivity index (χ0) is 9.10. The molecule has 64 valence electrons. The lowest BCUT2D eigenvalue weighted by molar-refractivity contribution is 1.41. The molecule has 0 spiro atoms. The van der Waals surface area contributed by atoms with E-state index < -0.39 is 0 Å². The van der Waals surface area contributed by atoms with Crippen LogP contribution in [0, 0.1) is 0 Å². The molecule has 13 heavy (non-hydrogen) atoms. The number of benzene rings is 1. The van der Waals surface area contributed by atoms with Gasteiger partial charge in [-0.1, -0.05) is 30.4 Å². The van der Waals surface area contributed by atoms with Crippen molar-refractivity contribution in [3.8, 4) is 0 Å². The van der Waals surface area contributed by atoms with Crippen LogP contribution >= 0.6 is 0 Å². The molecule has 0 bridgehead atoms. The van der Waals surface area contributed by atoms with Crippen LogP contribution in [0.4, 0.5) is 0 Å². The van der Waals surface area contributed by atoms with Crippen molar-refractivity contribution >= 4 is 17.0 Å². The van der Waals surface area contributed by atoms with E-state index in [1.54, 1.807) is 0 Å². The fourth-order valence-corrected chi connectivity index (χ4v) is 1.38. The highest BCUT2D eigenvalue weighted by Crippen LogP contribution is 2.13. The second kappa shape index (κ2) is 3.40. The van der Waals surface area contributed by atoms with Gasteiger partial charge >= 0.3 is 0 Å². The smallest absolute Gasteiger partial charge is 0.0707 e. The van der Waals surface area contributed by atoms with E-state index in [1.807, 2.05) is 25.3 Å². The molecule has 1 heterocycles. The summed E-state index contributed by atoms with van der Waals surface area (Å²) >= 11 is 0. The second-order valence-corrected chi connectivity index (χ2v) is 2.96. The Morgan fingerprint density at radius 2 is 2.15 bits per heavy atom. The summed E-state index contributed by atoms with van der Waals surface area (Å²) in [6.07, 6.45) is 5.93. The third-order valence-electron chi connectivity index (χ3n) is 1.99. The Bertz CT molecular complexity index is 444. The van der Waals surface area contributed by atoms with Crippen LogP contribution in [0.1, 0.15) is 12.5 Å². The molecule has 1 nitrogen and oxygen atoms in total. The summed E-state index contributed by atoms with van der Waals surface area (Å²) < 4.78 is 0. The lowest BCUT2D eigenvalue weighted by Crippen LogP contribution is -1.78. The highest BCUT2D eigenvalue weighted by Gasteiger charge is 1.92. The highest BCUT2D eigenvalue weighted by atomic mass is 14.6. The third kappa shape index (κ3) is 1.59. The molecule has 0 aliphatic heterocycles. The summed E-state index contributed by atoms with van der Waals surface area (Å²) in [6, 6.07) is 10.3. The van der Waals surface area contributed by atoms with Crippen molar-refractivity contribution in [3.63, 3.8) is 0 Å². The van der Waals surface area contributed by atoms with Gasteiger partial charge in [-0.05, 0) is 24.6 Å². The molecule has 0 saturated carbocycles. The topological polar surface area (TPSA) is 12.9 Å². The van der Waals surface area contributed by atoms with Gasteiger partial charge in [0.05, 0.1) is 5.52 Å². The van der Waals surface area contributed by atoms with E-state index in [0.29, 0.717) is 0 Å². The second-order valence-electron chi connectivity index (χ2n) is 2.96. The minimum Gasteiger partial charge on any atom is -0.256 e. The molecule has 0 aliphatic rings. The van der Waals surface area contributed by atoms with Gasteiger partial charge in [-0.2, -0.15) is 0 Å². The van der Waals surface area contributed by atoms with Crippen molar-refractivity contribution in [1.82, 2.24) is 4.98 Å². The largest absolute Gasteiger partial charge is 0.256 e. The first-order valence-corrected chi connectivity index (χ1v) is 4.37. The Morgan fingerprint density at radius 1 is 1.23 bits per heavy atom. The third-order valence-corrected chi connectivity index (χ3v) is 1.99. The molecule has 0 amide bonds. The Labute approximate surface area is 77.7 Å². The van der Waals surface area contributed by atoms with E-state index >= 15 is 0 Å². The maximum Gasteiger partial charge on any atom is 0.0707 e. The number of nitrogens with zero attached hydrogens (tertiary/aromatic N) is 1. The molecule has 0 radical (unpaired) electrons. The summed E-state index contributed by atoms with van der Waals surface area (Å²) in [5.41, 5.74) is 2.26. The Balaban J connectivity index is 2.62. The molecule has 0 aliphatic carbocycles. The van der Waals surface area contributed by atoms with Crippen LogP contribution in [0.3, 0.4) is 0 Å².